The van der Waals surface area contributed by atoms with E-state index in [1.165, 1.54) is 6.92 Å². The number of ketones is 1. The number of nitrogens with one attached hydrogen (secondary N) is 2. The summed E-state index contributed by atoms with van der Waals surface area (Å²) in [4.78, 5) is 45.3. The summed E-state index contributed by atoms with van der Waals surface area (Å²) < 4.78 is 6.53. The van der Waals surface area contributed by atoms with Crippen molar-refractivity contribution >= 4 is 40.2 Å². The summed E-state index contributed by atoms with van der Waals surface area (Å²) in [6, 6.07) is 1.79. The first-order valence-electron chi connectivity index (χ1n) is 10.5. The molecule has 3 N–H and O–H groups in total. The molecule has 0 aromatic rings. The van der Waals surface area contributed by atoms with E-state index < -0.39 is 22.6 Å². The van der Waals surface area contributed by atoms with Crippen LogP contribution in [0.5, 0.6) is 0 Å². The van der Waals surface area contributed by atoms with Crippen molar-refractivity contribution in [2.45, 2.75) is 70.9 Å². The van der Waals surface area contributed by atoms with Crippen LogP contribution in [0.2, 0.25) is 38.3 Å². The van der Waals surface area contributed by atoms with Gasteiger partial charge in [-0.3, -0.25) is 14.4 Å². The monoisotopic (exact) mass is 470 g/mol. The maximum atomic E-state index is 11.8. The molecule has 0 saturated heterocycles. The number of hydrogen-bond donors (Lipinski definition) is 3. The molecule has 0 aliphatic heterocycles. The highest BCUT2D eigenvalue weighted by Gasteiger charge is 2.32. The lowest BCUT2D eigenvalue weighted by atomic mass is 10.1. The topological polar surface area (TPSA) is 122 Å². The predicted octanol–water partition coefficient (Wildman–Crippen LogP) is 2.99. The van der Waals surface area contributed by atoms with E-state index in [4.69, 9.17) is 9.22 Å². The lowest BCUT2D eigenvalue weighted by molar-refractivity contribution is -0.134. The molecule has 0 aliphatic rings. The van der Waals surface area contributed by atoms with Gasteiger partial charge in [0.25, 0.3) is 0 Å². The summed E-state index contributed by atoms with van der Waals surface area (Å²) in [5.74, 6) is -1.86. The lowest BCUT2D eigenvalue weighted by Gasteiger charge is -2.34. The maximum Gasteiger partial charge on any atom is 0.331 e. The van der Waals surface area contributed by atoms with Crippen molar-refractivity contribution in [3.05, 3.63) is 24.3 Å². The SMILES string of the molecule is C=C(CC(=O)NCCC[Si](C)(C)O[Si](C)(C)CCCNC(=O)CC(=C)C(=O)O)C(C)=O. The van der Waals surface area contributed by atoms with Gasteiger partial charge in [-0.15, -0.1) is 0 Å². The Morgan fingerprint density at radius 1 is 0.806 bits per heavy atom. The van der Waals surface area contributed by atoms with Gasteiger partial charge in [0.2, 0.25) is 11.8 Å². The van der Waals surface area contributed by atoms with Gasteiger partial charge < -0.3 is 19.9 Å². The first-order valence-corrected chi connectivity index (χ1v) is 16.7. The fourth-order valence-corrected chi connectivity index (χ4v) is 11.9. The summed E-state index contributed by atoms with van der Waals surface area (Å²) >= 11 is 0. The number of carboxylic acid groups (broad SMARTS) is 1. The fourth-order valence-electron chi connectivity index (χ4n) is 3.05. The third-order valence-corrected chi connectivity index (χ3v) is 12.2. The Balaban J connectivity index is 4.19. The van der Waals surface area contributed by atoms with Gasteiger partial charge in [-0.05, 0) is 63.6 Å². The highest BCUT2D eigenvalue weighted by molar-refractivity contribution is 6.84. The minimum atomic E-state index is -1.91. The number of carbonyl (C=O) groups is 4. The van der Waals surface area contributed by atoms with Crippen LogP contribution in [0.25, 0.3) is 0 Å². The molecule has 2 amide bonds. The van der Waals surface area contributed by atoms with E-state index in [9.17, 15) is 19.2 Å². The van der Waals surface area contributed by atoms with Crippen LogP contribution >= 0.6 is 0 Å². The zero-order chi connectivity index (χ0) is 24.2. The molecule has 0 radical (unpaired) electrons. The average Bonchev–Trinajstić information content (AvgIpc) is 2.61. The zero-order valence-electron chi connectivity index (χ0n) is 19.6. The summed E-state index contributed by atoms with van der Waals surface area (Å²) in [5, 5.41) is 14.3. The fraction of sp³-hybridized carbons (Fsp3) is 0.619. The van der Waals surface area contributed by atoms with E-state index in [1.54, 1.807) is 0 Å². The second kappa shape index (κ2) is 13.4. The number of hydrogen-bond acceptors (Lipinski definition) is 5. The standard InChI is InChI=1S/C21H38N2O6Si2/c1-16(18(3)24)14-19(25)22-10-8-12-30(4,5)29-31(6,7)13-9-11-23-20(26)15-17(2)21(27)28/h1-2,8-15H2,3-7H3,(H,22,25)(H,23,26)(H,27,28). The van der Waals surface area contributed by atoms with Crippen molar-refractivity contribution < 1.29 is 28.4 Å². The van der Waals surface area contributed by atoms with Crippen molar-refractivity contribution in [3.8, 4) is 0 Å². The molecule has 0 aromatic heterocycles. The first kappa shape index (κ1) is 29.0. The Morgan fingerprint density at radius 2 is 1.19 bits per heavy atom. The molecule has 0 atom stereocenters. The van der Waals surface area contributed by atoms with Crippen LogP contribution < -0.4 is 10.6 Å². The normalized spacial score (nSPS) is 11.5. The van der Waals surface area contributed by atoms with Crippen LogP contribution in [0.1, 0.15) is 32.6 Å². The molecular formula is C21H38N2O6Si2. The van der Waals surface area contributed by atoms with Gasteiger partial charge in [-0.1, -0.05) is 13.2 Å². The first-order chi connectivity index (χ1) is 14.1. The molecule has 0 aromatic carbocycles. The number of rotatable bonds is 16. The summed E-state index contributed by atoms with van der Waals surface area (Å²) in [5.41, 5.74) is 0.189. The molecule has 0 fully saturated rings. The van der Waals surface area contributed by atoms with Crippen molar-refractivity contribution in [1.82, 2.24) is 10.6 Å². The molecule has 31 heavy (non-hydrogen) atoms. The highest BCUT2D eigenvalue weighted by Crippen LogP contribution is 2.23. The summed E-state index contributed by atoms with van der Waals surface area (Å²) in [6.45, 7) is 18.0. The van der Waals surface area contributed by atoms with Gasteiger partial charge >= 0.3 is 5.97 Å². The Kier molecular flexibility index (Phi) is 12.5. The van der Waals surface area contributed by atoms with E-state index in [0.29, 0.717) is 18.7 Å². The quantitative estimate of drug-likeness (QED) is 0.181. The largest absolute Gasteiger partial charge is 0.478 e. The Morgan fingerprint density at radius 3 is 1.55 bits per heavy atom. The van der Waals surface area contributed by atoms with Gasteiger partial charge in [0.1, 0.15) is 0 Å². The molecule has 0 saturated carbocycles. The zero-order valence-corrected chi connectivity index (χ0v) is 21.6. The minimum Gasteiger partial charge on any atom is -0.478 e. The molecule has 0 heterocycles. The van der Waals surface area contributed by atoms with E-state index in [1.807, 2.05) is 0 Å². The van der Waals surface area contributed by atoms with Gasteiger partial charge in [0.15, 0.2) is 22.4 Å². The summed E-state index contributed by atoms with van der Waals surface area (Å²) in [6.07, 6.45) is 1.41. The maximum absolute atomic E-state index is 11.8. The molecule has 0 aliphatic carbocycles. The van der Waals surface area contributed by atoms with Crippen molar-refractivity contribution in [2.75, 3.05) is 13.1 Å². The van der Waals surface area contributed by atoms with Gasteiger partial charge in [0, 0.05) is 18.7 Å². The van der Waals surface area contributed by atoms with Gasteiger partial charge in [0.05, 0.1) is 12.8 Å². The molecular weight excluding hydrogens is 432 g/mol. The number of amides is 2. The van der Waals surface area contributed by atoms with Crippen LogP contribution in [0.15, 0.2) is 24.3 Å². The molecule has 10 heteroatoms. The van der Waals surface area contributed by atoms with E-state index in [0.717, 1.165) is 24.9 Å². The van der Waals surface area contributed by atoms with Crippen LogP contribution in [-0.2, 0) is 23.3 Å². The summed E-state index contributed by atoms with van der Waals surface area (Å²) in [7, 11) is -3.82. The van der Waals surface area contributed by atoms with Gasteiger partial charge in [-0.2, -0.15) is 0 Å². The Hall–Kier alpha value is -2.05. The van der Waals surface area contributed by atoms with E-state index >= 15 is 0 Å². The molecule has 8 nitrogen and oxygen atoms in total. The Labute approximate surface area is 187 Å². The van der Waals surface area contributed by atoms with E-state index in [2.05, 4.69) is 50.0 Å². The third kappa shape index (κ3) is 14.6. The second-order valence-corrected chi connectivity index (χ2v) is 17.8. The molecule has 0 spiro atoms. The number of carboxylic acids is 1. The van der Waals surface area contributed by atoms with Crippen molar-refractivity contribution in [2.24, 2.45) is 0 Å². The average molecular weight is 471 g/mol. The molecule has 0 bridgehead atoms. The van der Waals surface area contributed by atoms with Gasteiger partial charge in [-0.25, -0.2) is 4.79 Å². The van der Waals surface area contributed by atoms with Crippen LogP contribution in [0.3, 0.4) is 0 Å². The van der Waals surface area contributed by atoms with Crippen LogP contribution in [0.4, 0.5) is 0 Å². The smallest absolute Gasteiger partial charge is 0.331 e. The lowest BCUT2D eigenvalue weighted by Crippen LogP contribution is -2.45. The number of carbonyl (C=O) groups excluding carboxylic acids is 3. The van der Waals surface area contributed by atoms with Crippen molar-refractivity contribution in [3.63, 3.8) is 0 Å². The number of aliphatic carboxylic acids is 1. The molecule has 0 rings (SSSR count). The van der Waals surface area contributed by atoms with Crippen LogP contribution in [0, 0.1) is 0 Å². The minimum absolute atomic E-state index is 0.0353. The highest BCUT2D eigenvalue weighted by atomic mass is 28.4. The molecule has 0 unspecified atom stereocenters. The number of Topliss-reactive ketones (excluding diaryl/α,β-unsaturated/α-hetero) is 1. The van der Waals surface area contributed by atoms with E-state index in [-0.39, 0.29) is 36.0 Å². The van der Waals surface area contributed by atoms with Crippen molar-refractivity contribution in [1.29, 1.82) is 0 Å². The second-order valence-electron chi connectivity index (χ2n) is 8.95. The third-order valence-electron chi connectivity index (χ3n) is 4.66. The Bertz CT molecular complexity index is 646. The predicted molar refractivity (Wildman–Crippen MR) is 127 cm³/mol. The molecule has 176 valence electrons. The van der Waals surface area contributed by atoms with Crippen LogP contribution in [-0.4, -0.2) is 58.4 Å².